The van der Waals surface area contributed by atoms with Crippen LogP contribution in [-0.4, -0.2) is 48.2 Å². The molecule has 1 aromatic heterocycles. The van der Waals surface area contributed by atoms with Gasteiger partial charge in [0.1, 0.15) is 0 Å². The maximum Gasteiger partial charge on any atom is 0.255 e. The number of morpholine rings is 1. The van der Waals surface area contributed by atoms with E-state index >= 15 is 0 Å². The lowest BCUT2D eigenvalue weighted by molar-refractivity contribution is 0.0365. The van der Waals surface area contributed by atoms with E-state index in [1.54, 1.807) is 0 Å². The summed E-state index contributed by atoms with van der Waals surface area (Å²) in [5.41, 5.74) is 2.67. The standard InChI is InChI=1S/C21H22IN3O2/c22-18-3-1-16(2-4-18)21(26)23-19-5-6-20-17(15-19)7-8-25(20)10-9-24-11-13-27-14-12-24/h1-8,15H,9-14H2,(H,23,26). The van der Waals surface area contributed by atoms with Gasteiger partial charge in [0.2, 0.25) is 0 Å². The van der Waals surface area contributed by atoms with E-state index in [-0.39, 0.29) is 5.91 Å². The second kappa shape index (κ2) is 8.41. The average Bonchev–Trinajstić information content (AvgIpc) is 3.10. The van der Waals surface area contributed by atoms with Gasteiger partial charge in [0.05, 0.1) is 13.2 Å². The number of rotatable bonds is 5. The van der Waals surface area contributed by atoms with E-state index in [0.29, 0.717) is 5.56 Å². The normalized spacial score (nSPS) is 15.1. The van der Waals surface area contributed by atoms with E-state index in [2.05, 4.69) is 55.7 Å². The maximum atomic E-state index is 12.4. The Labute approximate surface area is 172 Å². The van der Waals surface area contributed by atoms with Crippen molar-refractivity contribution in [1.82, 2.24) is 9.47 Å². The zero-order valence-electron chi connectivity index (χ0n) is 15.0. The highest BCUT2D eigenvalue weighted by Gasteiger charge is 2.11. The van der Waals surface area contributed by atoms with Gasteiger partial charge in [-0.3, -0.25) is 9.69 Å². The zero-order valence-corrected chi connectivity index (χ0v) is 17.2. The van der Waals surface area contributed by atoms with Crippen LogP contribution in [0.2, 0.25) is 0 Å². The Morgan fingerprint density at radius 1 is 1.04 bits per heavy atom. The van der Waals surface area contributed by atoms with Gasteiger partial charge in [0, 0.05) is 58.1 Å². The van der Waals surface area contributed by atoms with Gasteiger partial charge in [-0.05, 0) is 71.1 Å². The van der Waals surface area contributed by atoms with Crippen molar-refractivity contribution in [2.45, 2.75) is 6.54 Å². The van der Waals surface area contributed by atoms with Crippen molar-refractivity contribution in [3.63, 3.8) is 0 Å². The first-order chi connectivity index (χ1) is 13.2. The SMILES string of the molecule is O=C(Nc1ccc2c(ccn2CCN2CCOCC2)c1)c1ccc(I)cc1. The van der Waals surface area contributed by atoms with Gasteiger partial charge in [-0.1, -0.05) is 0 Å². The van der Waals surface area contributed by atoms with Gasteiger partial charge in [-0.15, -0.1) is 0 Å². The summed E-state index contributed by atoms with van der Waals surface area (Å²) >= 11 is 2.23. The number of amides is 1. The minimum absolute atomic E-state index is 0.0856. The van der Waals surface area contributed by atoms with Crippen LogP contribution in [0.1, 0.15) is 10.4 Å². The number of hydrogen-bond acceptors (Lipinski definition) is 3. The minimum Gasteiger partial charge on any atom is -0.379 e. The number of ether oxygens (including phenoxy) is 1. The summed E-state index contributed by atoms with van der Waals surface area (Å²) in [6.45, 7) is 5.66. The van der Waals surface area contributed by atoms with E-state index < -0.39 is 0 Å². The lowest BCUT2D eigenvalue weighted by Crippen LogP contribution is -2.38. The summed E-state index contributed by atoms with van der Waals surface area (Å²) in [7, 11) is 0. The minimum atomic E-state index is -0.0856. The maximum absolute atomic E-state index is 12.4. The average molecular weight is 475 g/mol. The molecule has 0 unspecified atom stereocenters. The van der Waals surface area contributed by atoms with Crippen LogP contribution in [0.5, 0.6) is 0 Å². The smallest absolute Gasteiger partial charge is 0.255 e. The molecule has 1 amide bonds. The predicted molar refractivity (Wildman–Crippen MR) is 116 cm³/mol. The monoisotopic (exact) mass is 475 g/mol. The van der Waals surface area contributed by atoms with E-state index in [4.69, 9.17) is 4.74 Å². The predicted octanol–water partition coefficient (Wildman–Crippen LogP) is 3.83. The summed E-state index contributed by atoms with van der Waals surface area (Å²) in [5.74, 6) is -0.0856. The highest BCUT2D eigenvalue weighted by atomic mass is 127. The third-order valence-electron chi connectivity index (χ3n) is 4.90. The van der Waals surface area contributed by atoms with E-state index in [0.717, 1.165) is 54.0 Å². The molecule has 1 N–H and O–H groups in total. The fourth-order valence-electron chi connectivity index (χ4n) is 3.35. The topological polar surface area (TPSA) is 46.5 Å². The van der Waals surface area contributed by atoms with Gasteiger partial charge in [0.25, 0.3) is 5.91 Å². The fraction of sp³-hybridized carbons (Fsp3) is 0.286. The van der Waals surface area contributed by atoms with Gasteiger partial charge < -0.3 is 14.6 Å². The molecule has 140 valence electrons. The van der Waals surface area contributed by atoms with Crippen molar-refractivity contribution < 1.29 is 9.53 Å². The Balaban J connectivity index is 1.43. The van der Waals surface area contributed by atoms with E-state index in [1.165, 1.54) is 5.52 Å². The molecule has 3 aromatic rings. The van der Waals surface area contributed by atoms with Crippen molar-refractivity contribution in [2.75, 3.05) is 38.2 Å². The molecular formula is C21H22IN3O2. The van der Waals surface area contributed by atoms with Crippen molar-refractivity contribution in [1.29, 1.82) is 0 Å². The second-order valence-electron chi connectivity index (χ2n) is 6.70. The van der Waals surface area contributed by atoms with Crippen LogP contribution in [0.3, 0.4) is 0 Å². The molecule has 0 aliphatic carbocycles. The summed E-state index contributed by atoms with van der Waals surface area (Å²) in [6, 6.07) is 15.8. The van der Waals surface area contributed by atoms with E-state index in [9.17, 15) is 4.79 Å². The Hall–Kier alpha value is -1.90. The van der Waals surface area contributed by atoms with Gasteiger partial charge in [0.15, 0.2) is 0 Å². The summed E-state index contributed by atoms with van der Waals surface area (Å²) in [4.78, 5) is 14.8. The molecule has 2 aromatic carbocycles. The molecule has 1 saturated heterocycles. The van der Waals surface area contributed by atoms with Crippen molar-refractivity contribution in [3.05, 3.63) is 63.9 Å². The molecule has 6 heteroatoms. The van der Waals surface area contributed by atoms with Crippen molar-refractivity contribution in [2.24, 2.45) is 0 Å². The number of carbonyl (C=O) groups is 1. The zero-order chi connectivity index (χ0) is 18.6. The highest BCUT2D eigenvalue weighted by molar-refractivity contribution is 14.1. The highest BCUT2D eigenvalue weighted by Crippen LogP contribution is 2.21. The second-order valence-corrected chi connectivity index (χ2v) is 7.94. The Morgan fingerprint density at radius 3 is 2.59 bits per heavy atom. The van der Waals surface area contributed by atoms with Crippen molar-refractivity contribution in [3.8, 4) is 0 Å². The first-order valence-corrected chi connectivity index (χ1v) is 10.2. The summed E-state index contributed by atoms with van der Waals surface area (Å²) in [5, 5.41) is 4.13. The molecule has 1 aliphatic heterocycles. The van der Waals surface area contributed by atoms with Gasteiger partial charge in [-0.25, -0.2) is 0 Å². The van der Waals surface area contributed by atoms with Crippen LogP contribution in [0.15, 0.2) is 54.7 Å². The van der Waals surface area contributed by atoms with Gasteiger partial charge in [-0.2, -0.15) is 0 Å². The molecular weight excluding hydrogens is 453 g/mol. The molecule has 0 spiro atoms. The summed E-state index contributed by atoms with van der Waals surface area (Å²) in [6.07, 6.45) is 2.12. The Bertz CT molecular complexity index is 930. The molecule has 1 aliphatic rings. The molecule has 0 radical (unpaired) electrons. The quantitative estimate of drug-likeness (QED) is 0.571. The van der Waals surface area contributed by atoms with Crippen LogP contribution in [0, 0.1) is 3.57 Å². The molecule has 1 fully saturated rings. The molecule has 27 heavy (non-hydrogen) atoms. The summed E-state index contributed by atoms with van der Waals surface area (Å²) < 4.78 is 8.79. The van der Waals surface area contributed by atoms with Crippen LogP contribution in [0.25, 0.3) is 10.9 Å². The number of aromatic nitrogens is 1. The molecule has 2 heterocycles. The number of nitrogens with zero attached hydrogens (tertiary/aromatic N) is 2. The third kappa shape index (κ3) is 4.51. The third-order valence-corrected chi connectivity index (χ3v) is 5.62. The number of fused-ring (bicyclic) bond motifs is 1. The van der Waals surface area contributed by atoms with E-state index in [1.807, 2.05) is 36.4 Å². The van der Waals surface area contributed by atoms with Crippen LogP contribution in [0.4, 0.5) is 5.69 Å². The van der Waals surface area contributed by atoms with Crippen molar-refractivity contribution >= 4 is 45.1 Å². The number of benzene rings is 2. The van der Waals surface area contributed by atoms with Crippen LogP contribution < -0.4 is 5.32 Å². The molecule has 0 bridgehead atoms. The number of hydrogen-bond donors (Lipinski definition) is 1. The largest absolute Gasteiger partial charge is 0.379 e. The van der Waals surface area contributed by atoms with Crippen LogP contribution in [-0.2, 0) is 11.3 Å². The van der Waals surface area contributed by atoms with Crippen LogP contribution >= 0.6 is 22.6 Å². The Morgan fingerprint density at radius 2 is 1.81 bits per heavy atom. The van der Waals surface area contributed by atoms with Gasteiger partial charge >= 0.3 is 0 Å². The number of halogens is 1. The molecule has 0 atom stereocenters. The number of carbonyl (C=O) groups excluding carboxylic acids is 1. The Kier molecular flexibility index (Phi) is 5.75. The first kappa shape index (κ1) is 18.5. The lowest BCUT2D eigenvalue weighted by Gasteiger charge is -2.26. The molecule has 5 nitrogen and oxygen atoms in total. The molecule has 4 rings (SSSR count). The lowest BCUT2D eigenvalue weighted by atomic mass is 10.2. The number of anilines is 1. The molecule has 0 saturated carbocycles. The number of nitrogens with one attached hydrogen (secondary N) is 1. The fourth-order valence-corrected chi connectivity index (χ4v) is 3.71. The first-order valence-electron chi connectivity index (χ1n) is 9.15.